The number of halogens is 3. The molecule has 4 nitrogen and oxygen atoms in total. The van der Waals surface area contributed by atoms with Gasteiger partial charge in [0.15, 0.2) is 4.96 Å². The summed E-state index contributed by atoms with van der Waals surface area (Å²) < 4.78 is 39.9. The monoisotopic (exact) mass is 357 g/mol. The van der Waals surface area contributed by atoms with Gasteiger partial charge in [0.05, 0.1) is 11.8 Å². The van der Waals surface area contributed by atoms with Gasteiger partial charge in [-0.05, 0) is 11.6 Å². The van der Waals surface area contributed by atoms with E-state index in [9.17, 15) is 13.2 Å². The van der Waals surface area contributed by atoms with Gasteiger partial charge in [-0.1, -0.05) is 35.1 Å². The highest BCUT2D eigenvalue weighted by Crippen LogP contribution is 2.32. The maximum Gasteiger partial charge on any atom is 0.416 e. The van der Waals surface area contributed by atoms with E-state index >= 15 is 0 Å². The van der Waals surface area contributed by atoms with Crippen LogP contribution in [0.5, 0.6) is 0 Å². The van der Waals surface area contributed by atoms with Crippen LogP contribution in [-0.2, 0) is 11.9 Å². The standard InChI is InChI=1S/C14H10F3N3OS2/c15-14(16,17)10-3-1-2-9(6-10)8-23-12-11(7-18-21)20-4-5-22-13(20)19-12/h1-7,21H,8H2. The van der Waals surface area contributed by atoms with Gasteiger partial charge in [0.25, 0.3) is 0 Å². The number of fused-ring (bicyclic) bond motifs is 1. The molecule has 3 aromatic rings. The molecule has 0 aliphatic rings. The van der Waals surface area contributed by atoms with Gasteiger partial charge in [0.2, 0.25) is 0 Å². The number of oxime groups is 1. The Bertz CT molecular complexity index is 854. The molecule has 9 heteroatoms. The summed E-state index contributed by atoms with van der Waals surface area (Å²) in [6.07, 6.45) is -1.30. The Kier molecular flexibility index (Phi) is 4.31. The van der Waals surface area contributed by atoms with E-state index < -0.39 is 11.7 Å². The van der Waals surface area contributed by atoms with Crippen LogP contribution in [0.25, 0.3) is 4.96 Å². The van der Waals surface area contributed by atoms with Crippen LogP contribution in [-0.4, -0.2) is 20.8 Å². The average molecular weight is 357 g/mol. The first-order valence-corrected chi connectivity index (χ1v) is 8.27. The molecule has 0 saturated heterocycles. The lowest BCUT2D eigenvalue weighted by atomic mass is 10.1. The molecule has 1 N–H and O–H groups in total. The third kappa shape index (κ3) is 3.35. The van der Waals surface area contributed by atoms with Gasteiger partial charge in [-0.25, -0.2) is 4.98 Å². The summed E-state index contributed by atoms with van der Waals surface area (Å²) in [7, 11) is 0. The minimum absolute atomic E-state index is 0.334. The number of alkyl halides is 3. The van der Waals surface area contributed by atoms with Crippen LogP contribution in [0.2, 0.25) is 0 Å². The van der Waals surface area contributed by atoms with Gasteiger partial charge in [-0.3, -0.25) is 4.40 Å². The molecule has 0 saturated carbocycles. The van der Waals surface area contributed by atoms with Crippen molar-refractivity contribution in [3.05, 3.63) is 52.7 Å². The molecule has 0 radical (unpaired) electrons. The van der Waals surface area contributed by atoms with E-state index in [1.165, 1.54) is 35.4 Å². The first-order chi connectivity index (χ1) is 11.0. The van der Waals surface area contributed by atoms with Crippen molar-refractivity contribution in [2.75, 3.05) is 0 Å². The second-order valence-electron chi connectivity index (χ2n) is 4.59. The summed E-state index contributed by atoms with van der Waals surface area (Å²) in [4.78, 5) is 5.13. The van der Waals surface area contributed by atoms with Crippen LogP contribution in [0.3, 0.4) is 0 Å². The van der Waals surface area contributed by atoms with E-state index in [0.717, 1.165) is 17.1 Å². The first-order valence-electron chi connectivity index (χ1n) is 6.41. The summed E-state index contributed by atoms with van der Waals surface area (Å²) in [5, 5.41) is 14.2. The van der Waals surface area contributed by atoms with E-state index in [1.54, 1.807) is 16.7 Å². The highest BCUT2D eigenvalue weighted by molar-refractivity contribution is 7.98. The van der Waals surface area contributed by atoms with Crippen molar-refractivity contribution in [3.8, 4) is 0 Å². The molecular formula is C14H10F3N3OS2. The molecule has 0 unspecified atom stereocenters. The summed E-state index contributed by atoms with van der Waals surface area (Å²) in [5.74, 6) is 0.334. The number of hydrogen-bond acceptors (Lipinski definition) is 5. The number of nitrogens with zero attached hydrogens (tertiary/aromatic N) is 3. The predicted octanol–water partition coefficient (Wildman–Crippen LogP) is 4.52. The van der Waals surface area contributed by atoms with E-state index in [-0.39, 0.29) is 0 Å². The van der Waals surface area contributed by atoms with E-state index in [1.807, 2.05) is 5.38 Å². The smallest absolute Gasteiger partial charge is 0.411 e. The third-order valence-electron chi connectivity index (χ3n) is 3.08. The Balaban J connectivity index is 1.84. The van der Waals surface area contributed by atoms with Crippen LogP contribution in [0, 0.1) is 0 Å². The molecule has 0 amide bonds. The number of imidazole rings is 1. The Labute approximate surface area is 137 Å². The number of hydrogen-bond donors (Lipinski definition) is 1. The van der Waals surface area contributed by atoms with E-state index in [0.29, 0.717) is 22.0 Å². The maximum atomic E-state index is 12.7. The van der Waals surface area contributed by atoms with Crippen LogP contribution in [0.1, 0.15) is 16.8 Å². The average Bonchev–Trinajstić information content (AvgIpc) is 3.08. The quantitative estimate of drug-likeness (QED) is 0.323. The van der Waals surface area contributed by atoms with Crippen molar-refractivity contribution >= 4 is 34.3 Å². The molecule has 0 aliphatic heterocycles. The van der Waals surface area contributed by atoms with Gasteiger partial charge in [0.1, 0.15) is 10.7 Å². The van der Waals surface area contributed by atoms with Crippen molar-refractivity contribution in [1.29, 1.82) is 0 Å². The van der Waals surface area contributed by atoms with Crippen molar-refractivity contribution in [2.24, 2.45) is 5.16 Å². The zero-order valence-corrected chi connectivity index (χ0v) is 13.1. The highest BCUT2D eigenvalue weighted by atomic mass is 32.2. The zero-order chi connectivity index (χ0) is 16.4. The summed E-state index contributed by atoms with van der Waals surface area (Å²) in [5.41, 5.74) is 0.479. The van der Waals surface area contributed by atoms with Crippen molar-refractivity contribution in [2.45, 2.75) is 17.0 Å². The fraction of sp³-hybridized carbons (Fsp3) is 0.143. The lowest BCUT2D eigenvalue weighted by Gasteiger charge is -2.08. The molecule has 120 valence electrons. The van der Waals surface area contributed by atoms with Gasteiger partial charge >= 0.3 is 6.18 Å². The lowest BCUT2D eigenvalue weighted by Crippen LogP contribution is -2.04. The Morgan fingerprint density at radius 1 is 1.39 bits per heavy atom. The number of aromatic nitrogens is 2. The molecule has 23 heavy (non-hydrogen) atoms. The van der Waals surface area contributed by atoms with E-state index in [2.05, 4.69) is 10.1 Å². The number of thiazole rings is 1. The van der Waals surface area contributed by atoms with Gasteiger partial charge in [-0.15, -0.1) is 11.3 Å². The molecule has 0 aliphatic carbocycles. The molecule has 0 fully saturated rings. The zero-order valence-electron chi connectivity index (χ0n) is 11.5. The van der Waals surface area contributed by atoms with E-state index in [4.69, 9.17) is 5.21 Å². The molecule has 0 atom stereocenters. The number of thioether (sulfide) groups is 1. The predicted molar refractivity (Wildman–Crippen MR) is 83.5 cm³/mol. The van der Waals surface area contributed by atoms with Crippen LogP contribution in [0.4, 0.5) is 13.2 Å². The molecular weight excluding hydrogens is 347 g/mol. The van der Waals surface area contributed by atoms with Gasteiger partial charge < -0.3 is 5.21 Å². The maximum absolute atomic E-state index is 12.7. The largest absolute Gasteiger partial charge is 0.416 e. The molecule has 1 aromatic carbocycles. The summed E-state index contributed by atoms with van der Waals surface area (Å²) in [6, 6.07) is 5.21. The van der Waals surface area contributed by atoms with Crippen LogP contribution >= 0.6 is 23.1 Å². The molecule has 2 aromatic heterocycles. The normalized spacial score (nSPS) is 12.5. The Hall–Kier alpha value is -2.00. The summed E-state index contributed by atoms with van der Waals surface area (Å²) >= 11 is 2.72. The highest BCUT2D eigenvalue weighted by Gasteiger charge is 2.30. The molecule has 2 heterocycles. The topological polar surface area (TPSA) is 49.9 Å². The second kappa shape index (κ2) is 6.25. The van der Waals surface area contributed by atoms with Crippen molar-refractivity contribution < 1.29 is 18.4 Å². The fourth-order valence-electron chi connectivity index (χ4n) is 2.05. The van der Waals surface area contributed by atoms with Gasteiger partial charge in [-0.2, -0.15) is 13.2 Å². The minimum atomic E-state index is -4.35. The minimum Gasteiger partial charge on any atom is -0.411 e. The Morgan fingerprint density at radius 3 is 2.96 bits per heavy atom. The van der Waals surface area contributed by atoms with Crippen LogP contribution in [0.15, 0.2) is 46.0 Å². The molecule has 0 bridgehead atoms. The Morgan fingerprint density at radius 2 is 2.22 bits per heavy atom. The fourth-order valence-corrected chi connectivity index (χ4v) is 3.76. The SMILES string of the molecule is ON=Cc1c(SCc2cccc(C(F)(F)F)c2)nc2sccn12. The second-order valence-corrected chi connectivity index (χ2v) is 6.43. The van der Waals surface area contributed by atoms with Crippen molar-refractivity contribution in [1.82, 2.24) is 9.38 Å². The summed E-state index contributed by atoms with van der Waals surface area (Å²) in [6.45, 7) is 0. The first kappa shape index (κ1) is 15.9. The molecule has 0 spiro atoms. The third-order valence-corrected chi connectivity index (χ3v) is 4.88. The lowest BCUT2D eigenvalue weighted by molar-refractivity contribution is -0.137. The van der Waals surface area contributed by atoms with Crippen molar-refractivity contribution in [3.63, 3.8) is 0 Å². The number of rotatable bonds is 4. The number of benzene rings is 1. The molecule has 3 rings (SSSR count). The van der Waals surface area contributed by atoms with Gasteiger partial charge in [0, 0.05) is 17.3 Å². The van der Waals surface area contributed by atoms with Crippen LogP contribution < -0.4 is 0 Å².